The van der Waals surface area contributed by atoms with Crippen LogP contribution >= 0.6 is 0 Å². The highest BCUT2D eigenvalue weighted by molar-refractivity contribution is 4.74. The number of hydrogen-bond donors (Lipinski definition) is 1. The number of nitrogens with one attached hydrogen (secondary N) is 1. The molecule has 1 N–H and O–H groups in total. The maximum absolute atomic E-state index is 4.03. The van der Waals surface area contributed by atoms with Crippen LogP contribution in [0, 0.1) is 0 Å². The van der Waals surface area contributed by atoms with Gasteiger partial charge in [0.15, 0.2) is 0 Å². The van der Waals surface area contributed by atoms with Gasteiger partial charge in [-0.3, -0.25) is 0 Å². The summed E-state index contributed by atoms with van der Waals surface area (Å²) in [6.07, 6.45) is 16.9. The summed E-state index contributed by atoms with van der Waals surface area (Å²) in [5, 5.41) is 3.49. The molecule has 3 nitrogen and oxygen atoms in total. The van der Waals surface area contributed by atoms with Crippen molar-refractivity contribution < 1.29 is 0 Å². The van der Waals surface area contributed by atoms with E-state index in [-0.39, 0.29) is 0 Å². The minimum Gasteiger partial charge on any atom is -0.336 e. The number of unbranched alkanes of at least 4 members (excludes halogenated alkanes) is 7. The number of hydrogen-bond acceptors (Lipinski definition) is 2. The Morgan fingerprint density at radius 3 is 2.33 bits per heavy atom. The number of imidazole rings is 1. The standard InChI is InChI=1S/C15H29N3/c1-2-3-4-5-6-7-8-9-10-16-11-13-18-14-12-17-15-18/h12,14-16H,2-11,13H2,1H3. The second-order valence-electron chi connectivity index (χ2n) is 5.03. The molecule has 0 fully saturated rings. The predicted octanol–water partition coefficient (Wildman–Crippen LogP) is 3.61. The molecule has 0 bridgehead atoms. The first kappa shape index (κ1) is 15.2. The second kappa shape index (κ2) is 11.3. The largest absolute Gasteiger partial charge is 0.336 e. The van der Waals surface area contributed by atoms with Crippen LogP contribution in [0.2, 0.25) is 0 Å². The van der Waals surface area contributed by atoms with Crippen LogP contribution < -0.4 is 5.32 Å². The molecule has 1 aromatic rings. The Kier molecular flexibility index (Phi) is 9.54. The van der Waals surface area contributed by atoms with Crippen molar-refractivity contribution in [2.24, 2.45) is 0 Å². The van der Waals surface area contributed by atoms with Gasteiger partial charge in [-0.2, -0.15) is 0 Å². The number of rotatable bonds is 12. The lowest BCUT2D eigenvalue weighted by atomic mass is 10.1. The van der Waals surface area contributed by atoms with Gasteiger partial charge in [0.25, 0.3) is 0 Å². The fourth-order valence-electron chi connectivity index (χ4n) is 2.14. The van der Waals surface area contributed by atoms with Gasteiger partial charge in [0, 0.05) is 25.5 Å². The minimum atomic E-state index is 1.02. The van der Waals surface area contributed by atoms with Gasteiger partial charge in [-0.15, -0.1) is 0 Å². The first-order valence-electron chi connectivity index (χ1n) is 7.60. The summed E-state index contributed by atoms with van der Waals surface area (Å²) < 4.78 is 2.11. The minimum absolute atomic E-state index is 1.02. The van der Waals surface area contributed by atoms with E-state index in [1.165, 1.54) is 51.4 Å². The molecule has 104 valence electrons. The molecule has 0 saturated carbocycles. The van der Waals surface area contributed by atoms with E-state index in [1.807, 2.05) is 18.7 Å². The molecule has 3 heteroatoms. The van der Waals surface area contributed by atoms with Gasteiger partial charge in [0.05, 0.1) is 6.33 Å². The van der Waals surface area contributed by atoms with Crippen molar-refractivity contribution in [2.45, 2.75) is 64.8 Å². The number of aromatic nitrogens is 2. The SMILES string of the molecule is CCCCCCCCCCNCCn1ccnc1. The van der Waals surface area contributed by atoms with Crippen LogP contribution in [0.1, 0.15) is 58.3 Å². The fourth-order valence-corrected chi connectivity index (χ4v) is 2.14. The predicted molar refractivity (Wildman–Crippen MR) is 77.7 cm³/mol. The van der Waals surface area contributed by atoms with E-state index >= 15 is 0 Å². The molecule has 0 aliphatic rings. The molecule has 0 radical (unpaired) electrons. The summed E-state index contributed by atoms with van der Waals surface area (Å²) in [5.74, 6) is 0. The molecule has 1 aromatic heterocycles. The molecule has 0 aromatic carbocycles. The van der Waals surface area contributed by atoms with E-state index in [0.717, 1.165) is 19.6 Å². The highest BCUT2D eigenvalue weighted by Gasteiger charge is 1.92. The normalized spacial score (nSPS) is 10.9. The van der Waals surface area contributed by atoms with Crippen molar-refractivity contribution >= 4 is 0 Å². The smallest absolute Gasteiger partial charge is 0.0946 e. The third-order valence-electron chi connectivity index (χ3n) is 3.31. The molecule has 0 aliphatic heterocycles. The highest BCUT2D eigenvalue weighted by atomic mass is 15.0. The van der Waals surface area contributed by atoms with Gasteiger partial charge in [-0.25, -0.2) is 4.98 Å². The van der Waals surface area contributed by atoms with Crippen LogP contribution in [0.15, 0.2) is 18.7 Å². The van der Waals surface area contributed by atoms with Gasteiger partial charge in [-0.05, 0) is 13.0 Å². The first-order chi connectivity index (χ1) is 8.93. The van der Waals surface area contributed by atoms with Crippen LogP contribution in [-0.2, 0) is 6.54 Å². The Morgan fingerprint density at radius 2 is 1.67 bits per heavy atom. The van der Waals surface area contributed by atoms with E-state index in [1.54, 1.807) is 0 Å². The summed E-state index contributed by atoms with van der Waals surface area (Å²) >= 11 is 0. The lowest BCUT2D eigenvalue weighted by molar-refractivity contribution is 0.540. The molecule has 0 saturated heterocycles. The van der Waals surface area contributed by atoms with Crippen LogP contribution in [0.5, 0.6) is 0 Å². The zero-order valence-corrected chi connectivity index (χ0v) is 11.9. The quantitative estimate of drug-likeness (QED) is 0.575. The van der Waals surface area contributed by atoms with Crippen LogP contribution in [0.25, 0.3) is 0 Å². The monoisotopic (exact) mass is 251 g/mol. The van der Waals surface area contributed by atoms with Gasteiger partial charge in [-0.1, -0.05) is 51.9 Å². The molecule has 0 amide bonds. The summed E-state index contributed by atoms with van der Waals surface area (Å²) in [7, 11) is 0. The van der Waals surface area contributed by atoms with Crippen molar-refractivity contribution in [3.8, 4) is 0 Å². The third kappa shape index (κ3) is 8.29. The lowest BCUT2D eigenvalue weighted by Crippen LogP contribution is -2.20. The summed E-state index contributed by atoms with van der Waals surface area (Å²) in [6.45, 7) is 5.50. The van der Waals surface area contributed by atoms with Crippen molar-refractivity contribution in [2.75, 3.05) is 13.1 Å². The van der Waals surface area contributed by atoms with Crippen LogP contribution in [0.4, 0.5) is 0 Å². The van der Waals surface area contributed by atoms with E-state index in [4.69, 9.17) is 0 Å². The zero-order chi connectivity index (χ0) is 12.9. The van der Waals surface area contributed by atoms with E-state index < -0.39 is 0 Å². The maximum Gasteiger partial charge on any atom is 0.0946 e. The van der Waals surface area contributed by atoms with Crippen LogP contribution in [-0.4, -0.2) is 22.6 Å². The van der Waals surface area contributed by atoms with Crippen molar-refractivity contribution in [3.63, 3.8) is 0 Å². The van der Waals surface area contributed by atoms with Gasteiger partial charge >= 0.3 is 0 Å². The molecule has 18 heavy (non-hydrogen) atoms. The van der Waals surface area contributed by atoms with Crippen LogP contribution in [0.3, 0.4) is 0 Å². The highest BCUT2D eigenvalue weighted by Crippen LogP contribution is 2.07. The van der Waals surface area contributed by atoms with E-state index in [0.29, 0.717) is 0 Å². The summed E-state index contributed by atoms with van der Waals surface area (Å²) in [5.41, 5.74) is 0. The molecule has 0 aliphatic carbocycles. The number of nitrogens with zero attached hydrogens (tertiary/aromatic N) is 2. The Bertz CT molecular complexity index is 257. The molecular weight excluding hydrogens is 222 g/mol. The van der Waals surface area contributed by atoms with Gasteiger partial charge in [0.2, 0.25) is 0 Å². The molecule has 1 heterocycles. The van der Waals surface area contributed by atoms with E-state index in [2.05, 4.69) is 21.8 Å². The van der Waals surface area contributed by atoms with Gasteiger partial charge in [0.1, 0.15) is 0 Å². The molecular formula is C15H29N3. The van der Waals surface area contributed by atoms with Crippen molar-refractivity contribution in [1.82, 2.24) is 14.9 Å². The average Bonchev–Trinajstić information content (AvgIpc) is 2.89. The molecule has 1 rings (SSSR count). The summed E-state index contributed by atoms with van der Waals surface area (Å²) in [6, 6.07) is 0. The molecule has 0 atom stereocenters. The lowest BCUT2D eigenvalue weighted by Gasteiger charge is -2.05. The summed E-state index contributed by atoms with van der Waals surface area (Å²) in [4.78, 5) is 4.03. The fraction of sp³-hybridized carbons (Fsp3) is 0.800. The Balaban J connectivity index is 1.73. The third-order valence-corrected chi connectivity index (χ3v) is 3.31. The van der Waals surface area contributed by atoms with Crippen molar-refractivity contribution in [1.29, 1.82) is 0 Å². The molecule has 0 spiro atoms. The zero-order valence-electron chi connectivity index (χ0n) is 11.9. The topological polar surface area (TPSA) is 29.9 Å². The van der Waals surface area contributed by atoms with E-state index in [9.17, 15) is 0 Å². The van der Waals surface area contributed by atoms with Crippen molar-refractivity contribution in [3.05, 3.63) is 18.7 Å². The maximum atomic E-state index is 4.03. The Hall–Kier alpha value is -0.830. The molecule has 0 unspecified atom stereocenters. The Morgan fingerprint density at radius 1 is 0.944 bits per heavy atom. The second-order valence-corrected chi connectivity index (χ2v) is 5.03. The average molecular weight is 251 g/mol. The Labute approximate surface area is 112 Å². The van der Waals surface area contributed by atoms with Gasteiger partial charge < -0.3 is 9.88 Å². The first-order valence-corrected chi connectivity index (χ1v) is 7.60.